The van der Waals surface area contributed by atoms with Gasteiger partial charge in [0, 0.05) is 19.6 Å². The summed E-state index contributed by atoms with van der Waals surface area (Å²) in [6.45, 7) is 4.44. The van der Waals surface area contributed by atoms with Gasteiger partial charge < -0.3 is 29.5 Å². The van der Waals surface area contributed by atoms with Crippen LogP contribution in [-0.2, 0) is 30.4 Å². The van der Waals surface area contributed by atoms with Gasteiger partial charge in [-0.15, -0.1) is 6.58 Å². The van der Waals surface area contributed by atoms with Crippen molar-refractivity contribution in [3.63, 3.8) is 0 Å². The van der Waals surface area contributed by atoms with E-state index in [2.05, 4.69) is 6.58 Å². The van der Waals surface area contributed by atoms with E-state index >= 15 is 0 Å². The van der Waals surface area contributed by atoms with E-state index in [0.29, 0.717) is 6.54 Å². The third-order valence-corrected chi connectivity index (χ3v) is 6.48. The number of ether oxygens (including phenoxy) is 2. The van der Waals surface area contributed by atoms with E-state index < -0.39 is 41.5 Å². The number of hydrogen-bond acceptors (Lipinski definition) is 6. The SMILES string of the molecule is C=CCN(Cc1ccccc1)C(=O)C1N(CCOCCO)C(=O)C2C(C(=O)O)C3C=CC21O3. The van der Waals surface area contributed by atoms with Gasteiger partial charge in [-0.2, -0.15) is 0 Å². The molecule has 2 fully saturated rings. The number of fused-ring (bicyclic) bond motifs is 1. The molecular weight excluding hydrogens is 428 g/mol. The molecule has 2 amide bonds. The molecule has 0 radical (unpaired) electrons. The second kappa shape index (κ2) is 9.46. The number of likely N-dealkylation sites (tertiary alicyclic amines) is 1. The number of nitrogens with zero attached hydrogens (tertiary/aromatic N) is 2. The number of amides is 2. The Morgan fingerprint density at radius 1 is 1.27 bits per heavy atom. The van der Waals surface area contributed by atoms with Gasteiger partial charge in [0.25, 0.3) is 0 Å². The van der Waals surface area contributed by atoms with E-state index in [1.54, 1.807) is 23.1 Å². The molecule has 1 aromatic rings. The van der Waals surface area contributed by atoms with Crippen molar-refractivity contribution in [1.29, 1.82) is 0 Å². The van der Waals surface area contributed by atoms with Gasteiger partial charge in [0.15, 0.2) is 0 Å². The number of hydrogen-bond donors (Lipinski definition) is 2. The van der Waals surface area contributed by atoms with Crippen molar-refractivity contribution in [3.05, 3.63) is 60.7 Å². The zero-order chi connectivity index (χ0) is 23.6. The molecule has 1 aromatic carbocycles. The molecule has 0 saturated carbocycles. The van der Waals surface area contributed by atoms with Crippen LogP contribution in [0.2, 0.25) is 0 Å². The summed E-state index contributed by atoms with van der Waals surface area (Å²) < 4.78 is 11.4. The van der Waals surface area contributed by atoms with E-state index in [1.807, 2.05) is 30.3 Å². The van der Waals surface area contributed by atoms with Crippen LogP contribution in [0, 0.1) is 11.8 Å². The highest BCUT2D eigenvalue weighted by Crippen LogP contribution is 2.55. The predicted molar refractivity (Wildman–Crippen MR) is 117 cm³/mol. The molecule has 0 aliphatic carbocycles. The van der Waals surface area contributed by atoms with Gasteiger partial charge in [0.1, 0.15) is 17.6 Å². The number of carboxylic acid groups (broad SMARTS) is 1. The lowest BCUT2D eigenvalue weighted by Gasteiger charge is -2.35. The van der Waals surface area contributed by atoms with E-state index in [4.69, 9.17) is 14.6 Å². The monoisotopic (exact) mass is 456 g/mol. The van der Waals surface area contributed by atoms with Crippen molar-refractivity contribution in [2.75, 3.05) is 32.9 Å². The minimum atomic E-state index is -1.34. The minimum absolute atomic E-state index is 0.0783. The van der Waals surface area contributed by atoms with Crippen molar-refractivity contribution in [2.24, 2.45) is 11.8 Å². The van der Waals surface area contributed by atoms with Gasteiger partial charge in [0.05, 0.1) is 31.8 Å². The van der Waals surface area contributed by atoms with Gasteiger partial charge in [-0.1, -0.05) is 48.6 Å². The third-order valence-electron chi connectivity index (χ3n) is 6.48. The van der Waals surface area contributed by atoms with Crippen LogP contribution in [0.1, 0.15) is 5.56 Å². The number of aliphatic carboxylic acids is 1. The van der Waals surface area contributed by atoms with Crippen LogP contribution < -0.4 is 0 Å². The highest BCUT2D eigenvalue weighted by Gasteiger charge is 2.73. The van der Waals surface area contributed by atoms with Gasteiger partial charge in [-0.3, -0.25) is 14.4 Å². The fourth-order valence-corrected chi connectivity index (χ4v) is 5.16. The Morgan fingerprint density at radius 2 is 2.03 bits per heavy atom. The maximum Gasteiger partial charge on any atom is 0.310 e. The predicted octanol–water partition coefficient (Wildman–Crippen LogP) is 0.445. The molecule has 3 aliphatic rings. The van der Waals surface area contributed by atoms with Crippen LogP contribution in [0.4, 0.5) is 0 Å². The Balaban J connectivity index is 1.67. The molecule has 5 atom stereocenters. The van der Waals surface area contributed by atoms with E-state index in [9.17, 15) is 19.5 Å². The normalized spacial score (nSPS) is 29.4. The van der Waals surface area contributed by atoms with Gasteiger partial charge in [-0.05, 0) is 5.56 Å². The van der Waals surface area contributed by atoms with Crippen molar-refractivity contribution in [1.82, 2.24) is 9.80 Å². The molecule has 2 bridgehead atoms. The lowest BCUT2D eigenvalue weighted by molar-refractivity contribution is -0.151. The van der Waals surface area contributed by atoms with Crippen molar-refractivity contribution in [2.45, 2.75) is 24.3 Å². The Kier molecular flexibility index (Phi) is 6.64. The fraction of sp³-hybridized carbons (Fsp3) is 0.458. The summed E-state index contributed by atoms with van der Waals surface area (Å²) in [4.78, 5) is 42.4. The summed E-state index contributed by atoms with van der Waals surface area (Å²) in [5.74, 6) is -3.94. The van der Waals surface area contributed by atoms with Crippen molar-refractivity contribution in [3.8, 4) is 0 Å². The summed E-state index contributed by atoms with van der Waals surface area (Å²) in [5, 5.41) is 18.8. The highest BCUT2D eigenvalue weighted by atomic mass is 16.5. The molecule has 3 aliphatic heterocycles. The third kappa shape index (κ3) is 3.96. The Labute approximate surface area is 191 Å². The second-order valence-corrected chi connectivity index (χ2v) is 8.40. The zero-order valence-corrected chi connectivity index (χ0v) is 18.2. The highest BCUT2D eigenvalue weighted by molar-refractivity contribution is 5.99. The van der Waals surface area contributed by atoms with Gasteiger partial charge in [-0.25, -0.2) is 0 Å². The standard InChI is InChI=1S/C24H28N2O7/c1-2-10-25(15-16-6-4-3-5-7-16)22(29)20-24-9-8-17(33-24)18(23(30)31)19(24)21(28)26(20)11-13-32-14-12-27/h2-9,17-20,27H,1,10-15H2,(H,30,31). The average molecular weight is 456 g/mol. The molecule has 176 valence electrons. The number of carbonyl (C=O) groups is 3. The average Bonchev–Trinajstić information content (AvgIpc) is 3.44. The molecule has 2 N–H and O–H groups in total. The zero-order valence-electron chi connectivity index (χ0n) is 18.2. The van der Waals surface area contributed by atoms with Gasteiger partial charge >= 0.3 is 5.97 Å². The molecular formula is C24H28N2O7. The maximum atomic E-state index is 13.9. The Morgan fingerprint density at radius 3 is 2.70 bits per heavy atom. The molecule has 33 heavy (non-hydrogen) atoms. The van der Waals surface area contributed by atoms with Crippen LogP contribution in [0.5, 0.6) is 0 Å². The topological polar surface area (TPSA) is 117 Å². The second-order valence-electron chi connectivity index (χ2n) is 8.40. The Bertz CT molecular complexity index is 949. The molecule has 9 nitrogen and oxygen atoms in total. The first-order valence-electron chi connectivity index (χ1n) is 11.0. The fourth-order valence-electron chi connectivity index (χ4n) is 5.16. The van der Waals surface area contributed by atoms with Crippen molar-refractivity contribution >= 4 is 17.8 Å². The first-order valence-corrected chi connectivity index (χ1v) is 11.0. The first-order chi connectivity index (χ1) is 15.9. The lowest BCUT2D eigenvalue weighted by Crippen LogP contribution is -2.56. The minimum Gasteiger partial charge on any atom is -0.481 e. The van der Waals surface area contributed by atoms with Crippen LogP contribution in [0.25, 0.3) is 0 Å². The molecule has 2 saturated heterocycles. The Hall–Kier alpha value is -3.01. The number of carboxylic acids is 1. The number of aliphatic hydroxyl groups excluding tert-OH is 1. The van der Waals surface area contributed by atoms with E-state index in [0.717, 1.165) is 5.56 Å². The van der Waals surface area contributed by atoms with Crippen LogP contribution in [-0.4, -0.2) is 88.5 Å². The van der Waals surface area contributed by atoms with Crippen LogP contribution in [0.3, 0.4) is 0 Å². The number of benzene rings is 1. The molecule has 5 unspecified atom stereocenters. The summed E-state index contributed by atoms with van der Waals surface area (Å²) in [6, 6.07) is 8.44. The molecule has 0 aromatic heterocycles. The van der Waals surface area contributed by atoms with Crippen LogP contribution >= 0.6 is 0 Å². The summed E-state index contributed by atoms with van der Waals surface area (Å²) in [5.41, 5.74) is -0.422. The smallest absolute Gasteiger partial charge is 0.310 e. The van der Waals surface area contributed by atoms with Crippen LogP contribution in [0.15, 0.2) is 55.1 Å². The number of aliphatic hydroxyl groups is 1. The largest absolute Gasteiger partial charge is 0.481 e. The van der Waals surface area contributed by atoms with E-state index in [1.165, 1.54) is 4.90 Å². The molecule has 4 rings (SSSR count). The first kappa shape index (κ1) is 23.2. The van der Waals surface area contributed by atoms with Crippen molar-refractivity contribution < 1.29 is 34.1 Å². The molecule has 3 heterocycles. The summed E-state index contributed by atoms with van der Waals surface area (Å²) in [6.07, 6.45) is 4.20. The van der Waals surface area contributed by atoms with E-state index in [-0.39, 0.29) is 38.8 Å². The summed E-state index contributed by atoms with van der Waals surface area (Å²) >= 11 is 0. The summed E-state index contributed by atoms with van der Waals surface area (Å²) in [7, 11) is 0. The lowest BCUT2D eigenvalue weighted by atomic mass is 9.74. The number of rotatable bonds is 11. The quantitative estimate of drug-likeness (QED) is 0.367. The number of carbonyl (C=O) groups excluding carboxylic acids is 2. The van der Waals surface area contributed by atoms with Gasteiger partial charge in [0.2, 0.25) is 11.8 Å². The molecule has 1 spiro atoms. The maximum absolute atomic E-state index is 13.9. The molecule has 9 heteroatoms.